The lowest BCUT2D eigenvalue weighted by atomic mass is 9.91. The fourth-order valence-electron chi connectivity index (χ4n) is 2.33. The molecule has 6 heteroatoms. The van der Waals surface area contributed by atoms with Crippen LogP contribution in [-0.2, 0) is 11.2 Å². The smallest absolute Gasteiger partial charge is 0.312 e. The Morgan fingerprint density at radius 3 is 2.95 bits per heavy atom. The Morgan fingerprint density at radius 2 is 2.32 bits per heavy atom. The molecule has 0 fully saturated rings. The average Bonchev–Trinajstić information content (AvgIpc) is 2.93. The van der Waals surface area contributed by atoms with Crippen LogP contribution in [0.3, 0.4) is 0 Å². The van der Waals surface area contributed by atoms with Gasteiger partial charge in [-0.15, -0.1) is 22.7 Å². The van der Waals surface area contributed by atoms with Crippen molar-refractivity contribution in [1.29, 1.82) is 0 Å². The number of nitrogens with zero attached hydrogens (tertiary/aromatic N) is 1. The molecule has 0 aliphatic heterocycles. The highest BCUT2D eigenvalue weighted by atomic mass is 79.9. The summed E-state index contributed by atoms with van der Waals surface area (Å²) in [6, 6.07) is 2.07. The molecule has 2 heterocycles. The molecule has 0 amide bonds. The van der Waals surface area contributed by atoms with Crippen molar-refractivity contribution < 1.29 is 9.90 Å². The standard InChI is InChI=1S/C13H12BrNO2S2/c1-6-8(14)5-10(18-6)12-15-11-7(13(16)17)3-2-4-9(11)19-12/h5,7H,2-4H2,1H3,(H,16,17). The Bertz CT molecular complexity index is 628. The van der Waals surface area contributed by atoms with Gasteiger partial charge in [-0.3, -0.25) is 4.79 Å². The highest BCUT2D eigenvalue weighted by Gasteiger charge is 2.30. The van der Waals surface area contributed by atoms with E-state index < -0.39 is 11.9 Å². The van der Waals surface area contributed by atoms with Crippen LogP contribution in [0.1, 0.15) is 34.2 Å². The highest BCUT2D eigenvalue weighted by Crippen LogP contribution is 2.41. The van der Waals surface area contributed by atoms with Crippen LogP contribution >= 0.6 is 38.6 Å². The number of fused-ring (bicyclic) bond motifs is 1. The summed E-state index contributed by atoms with van der Waals surface area (Å²) >= 11 is 6.85. The molecule has 0 radical (unpaired) electrons. The van der Waals surface area contributed by atoms with Crippen LogP contribution in [0.5, 0.6) is 0 Å². The third kappa shape index (κ3) is 2.37. The van der Waals surface area contributed by atoms with Crippen LogP contribution in [0.25, 0.3) is 9.88 Å². The second kappa shape index (κ2) is 5.00. The van der Waals surface area contributed by atoms with Gasteiger partial charge in [0.25, 0.3) is 0 Å². The molecular formula is C13H12BrNO2S2. The number of aromatic nitrogens is 1. The van der Waals surface area contributed by atoms with E-state index in [4.69, 9.17) is 0 Å². The van der Waals surface area contributed by atoms with Gasteiger partial charge in [0.05, 0.1) is 10.6 Å². The Kier molecular flexibility index (Phi) is 3.49. The zero-order valence-corrected chi connectivity index (χ0v) is 13.5. The molecule has 1 atom stereocenters. The first-order valence-corrected chi connectivity index (χ1v) is 8.47. The van der Waals surface area contributed by atoms with Crippen molar-refractivity contribution in [3.63, 3.8) is 0 Å². The third-order valence-electron chi connectivity index (χ3n) is 3.32. The van der Waals surface area contributed by atoms with Gasteiger partial charge < -0.3 is 5.11 Å². The van der Waals surface area contributed by atoms with E-state index in [-0.39, 0.29) is 0 Å². The molecule has 0 bridgehead atoms. The number of thiazole rings is 1. The van der Waals surface area contributed by atoms with Crippen LogP contribution in [0.4, 0.5) is 0 Å². The molecule has 3 nitrogen and oxygen atoms in total. The first-order valence-electron chi connectivity index (χ1n) is 6.05. The molecule has 0 saturated heterocycles. The number of carboxylic acids is 1. The normalized spacial score (nSPS) is 18.3. The van der Waals surface area contributed by atoms with Crippen molar-refractivity contribution >= 4 is 44.6 Å². The summed E-state index contributed by atoms with van der Waals surface area (Å²) in [4.78, 5) is 19.4. The van der Waals surface area contributed by atoms with Gasteiger partial charge in [-0.25, -0.2) is 4.98 Å². The zero-order chi connectivity index (χ0) is 13.6. The van der Waals surface area contributed by atoms with Gasteiger partial charge in [0.15, 0.2) is 0 Å². The maximum Gasteiger partial charge on any atom is 0.312 e. The molecule has 1 unspecified atom stereocenters. The predicted octanol–water partition coefficient (Wildman–Crippen LogP) is 4.45. The fourth-order valence-corrected chi connectivity index (χ4v) is 5.07. The molecule has 1 aliphatic carbocycles. The summed E-state index contributed by atoms with van der Waals surface area (Å²) in [5, 5.41) is 10.2. The van der Waals surface area contributed by atoms with E-state index in [2.05, 4.69) is 33.9 Å². The number of hydrogen-bond acceptors (Lipinski definition) is 4. The van der Waals surface area contributed by atoms with Crippen LogP contribution in [0.15, 0.2) is 10.5 Å². The van der Waals surface area contributed by atoms with E-state index in [9.17, 15) is 9.90 Å². The minimum atomic E-state index is -0.749. The molecule has 0 saturated carbocycles. The van der Waals surface area contributed by atoms with Crippen molar-refractivity contribution in [2.45, 2.75) is 32.1 Å². The van der Waals surface area contributed by atoms with Crippen LogP contribution in [0, 0.1) is 6.92 Å². The molecule has 1 N–H and O–H groups in total. The van der Waals surface area contributed by atoms with Crippen LogP contribution in [0.2, 0.25) is 0 Å². The molecule has 2 aromatic rings. The van der Waals surface area contributed by atoms with Crippen LogP contribution < -0.4 is 0 Å². The van der Waals surface area contributed by atoms with E-state index in [1.54, 1.807) is 22.7 Å². The monoisotopic (exact) mass is 357 g/mol. The van der Waals surface area contributed by atoms with Crippen LogP contribution in [-0.4, -0.2) is 16.1 Å². The minimum Gasteiger partial charge on any atom is -0.481 e. The minimum absolute atomic E-state index is 0.418. The van der Waals surface area contributed by atoms with E-state index in [0.29, 0.717) is 6.42 Å². The van der Waals surface area contributed by atoms with Crippen molar-refractivity contribution in [2.75, 3.05) is 0 Å². The van der Waals surface area contributed by atoms with E-state index in [1.807, 2.05) is 0 Å². The number of halogens is 1. The number of carboxylic acid groups (broad SMARTS) is 1. The van der Waals surface area contributed by atoms with Crippen molar-refractivity contribution in [2.24, 2.45) is 0 Å². The Hall–Kier alpha value is -0.720. The lowest BCUT2D eigenvalue weighted by Crippen LogP contribution is -2.17. The summed E-state index contributed by atoms with van der Waals surface area (Å²) in [7, 11) is 0. The molecule has 0 aromatic carbocycles. The summed E-state index contributed by atoms with van der Waals surface area (Å²) in [6.07, 6.45) is 2.61. The molecule has 2 aromatic heterocycles. The van der Waals surface area contributed by atoms with Gasteiger partial charge in [0, 0.05) is 14.2 Å². The van der Waals surface area contributed by atoms with Crippen molar-refractivity contribution in [1.82, 2.24) is 4.98 Å². The predicted molar refractivity (Wildman–Crippen MR) is 81.2 cm³/mol. The summed E-state index contributed by atoms with van der Waals surface area (Å²) in [6.45, 7) is 2.06. The number of rotatable bonds is 2. The van der Waals surface area contributed by atoms with Gasteiger partial charge in [0.1, 0.15) is 10.9 Å². The van der Waals surface area contributed by atoms with Gasteiger partial charge in [-0.1, -0.05) is 0 Å². The molecule has 100 valence electrons. The Morgan fingerprint density at radius 1 is 1.53 bits per heavy atom. The lowest BCUT2D eigenvalue weighted by molar-refractivity contribution is -0.139. The first kappa shape index (κ1) is 13.3. The number of carbonyl (C=O) groups is 1. The topological polar surface area (TPSA) is 50.2 Å². The first-order chi connectivity index (χ1) is 9.06. The SMILES string of the molecule is Cc1sc(-c2nc3c(s2)CCCC3C(=O)O)cc1Br. The Labute approximate surface area is 127 Å². The lowest BCUT2D eigenvalue weighted by Gasteiger charge is -2.16. The van der Waals surface area contributed by atoms with Crippen molar-refractivity contribution in [3.05, 3.63) is 26.0 Å². The van der Waals surface area contributed by atoms with Gasteiger partial charge in [-0.2, -0.15) is 0 Å². The molecule has 1 aliphatic rings. The van der Waals surface area contributed by atoms with Gasteiger partial charge in [-0.05, 0) is 48.2 Å². The Balaban J connectivity index is 2.04. The second-order valence-corrected chi connectivity index (χ2v) is 7.82. The highest BCUT2D eigenvalue weighted by molar-refractivity contribution is 9.10. The molecule has 19 heavy (non-hydrogen) atoms. The summed E-state index contributed by atoms with van der Waals surface area (Å²) in [5.74, 6) is -1.17. The summed E-state index contributed by atoms with van der Waals surface area (Å²) < 4.78 is 1.09. The zero-order valence-electron chi connectivity index (χ0n) is 10.3. The fraction of sp³-hybridized carbons (Fsp3) is 0.385. The molecular weight excluding hydrogens is 346 g/mol. The van der Waals surface area contributed by atoms with Gasteiger partial charge >= 0.3 is 5.97 Å². The number of thiophene rings is 1. The summed E-state index contributed by atoms with van der Waals surface area (Å²) in [5.41, 5.74) is 0.793. The average molecular weight is 358 g/mol. The number of aryl methyl sites for hydroxylation is 2. The van der Waals surface area contributed by atoms with E-state index >= 15 is 0 Å². The van der Waals surface area contributed by atoms with Gasteiger partial charge in [0.2, 0.25) is 0 Å². The third-order valence-corrected chi connectivity index (χ3v) is 6.76. The molecule has 3 rings (SSSR count). The maximum atomic E-state index is 11.3. The van der Waals surface area contributed by atoms with E-state index in [0.717, 1.165) is 37.8 Å². The maximum absolute atomic E-state index is 11.3. The molecule has 0 spiro atoms. The van der Waals surface area contributed by atoms with Crippen molar-refractivity contribution in [3.8, 4) is 9.88 Å². The quantitative estimate of drug-likeness (QED) is 0.863. The number of aliphatic carboxylic acids is 1. The second-order valence-electron chi connectivity index (χ2n) is 4.63. The number of hydrogen-bond donors (Lipinski definition) is 1. The largest absolute Gasteiger partial charge is 0.481 e. The van der Waals surface area contributed by atoms with E-state index in [1.165, 1.54) is 4.88 Å².